The molecule has 6 nitrogen and oxygen atoms in total. The summed E-state index contributed by atoms with van der Waals surface area (Å²) in [5.74, 6) is 2.86. The summed E-state index contributed by atoms with van der Waals surface area (Å²) in [4.78, 5) is 2.30. The molecule has 25 heavy (non-hydrogen) atoms. The first-order valence-electron chi connectivity index (χ1n) is 9.06. The minimum absolute atomic E-state index is 0.600. The summed E-state index contributed by atoms with van der Waals surface area (Å²) in [5, 5.41) is 8.01. The highest BCUT2D eigenvalue weighted by Crippen LogP contribution is 2.29. The van der Waals surface area contributed by atoms with Crippen LogP contribution in [0.15, 0.2) is 22.6 Å². The van der Waals surface area contributed by atoms with E-state index in [1.165, 1.54) is 5.56 Å². The van der Waals surface area contributed by atoms with Gasteiger partial charge in [-0.1, -0.05) is 19.9 Å². The van der Waals surface area contributed by atoms with Crippen molar-refractivity contribution in [1.29, 1.82) is 0 Å². The van der Waals surface area contributed by atoms with E-state index in [0.29, 0.717) is 31.5 Å². The molecule has 0 aliphatic carbocycles. The van der Waals surface area contributed by atoms with E-state index in [-0.39, 0.29) is 0 Å². The number of ether oxygens (including phenoxy) is 2. The molecule has 0 spiro atoms. The molecular weight excluding hydrogens is 318 g/mol. The van der Waals surface area contributed by atoms with Crippen LogP contribution in [0.4, 0.5) is 0 Å². The first-order valence-corrected chi connectivity index (χ1v) is 9.06. The molecule has 0 aliphatic heterocycles. The topological polar surface area (TPSA) is 60.6 Å². The molecule has 1 aromatic heterocycles. The third-order valence-electron chi connectivity index (χ3n) is 3.64. The SMILES string of the molecule is CCCOc1ccc(CN(CCC)Cc2nnc(C)o2)cc1OCC. The maximum absolute atomic E-state index is 5.77. The number of aromatic nitrogens is 2. The molecular formula is C19H29N3O3. The quantitative estimate of drug-likeness (QED) is 0.613. The molecule has 0 saturated heterocycles. The van der Waals surface area contributed by atoms with Crippen LogP contribution in [0.5, 0.6) is 11.5 Å². The molecule has 0 unspecified atom stereocenters. The van der Waals surface area contributed by atoms with Crippen molar-refractivity contribution in [3.8, 4) is 11.5 Å². The van der Waals surface area contributed by atoms with Crippen LogP contribution < -0.4 is 9.47 Å². The fourth-order valence-corrected chi connectivity index (χ4v) is 2.63. The van der Waals surface area contributed by atoms with Crippen LogP contribution in [-0.2, 0) is 13.1 Å². The number of aryl methyl sites for hydroxylation is 1. The number of hydrogen-bond donors (Lipinski definition) is 0. The fraction of sp³-hybridized carbons (Fsp3) is 0.579. The van der Waals surface area contributed by atoms with Crippen LogP contribution in [0.2, 0.25) is 0 Å². The van der Waals surface area contributed by atoms with Crippen LogP contribution in [0.25, 0.3) is 0 Å². The molecule has 1 aromatic carbocycles. The Bertz CT molecular complexity index is 643. The molecule has 2 aromatic rings. The molecule has 0 bridgehead atoms. The van der Waals surface area contributed by atoms with Crippen molar-refractivity contribution in [2.75, 3.05) is 19.8 Å². The van der Waals surface area contributed by atoms with E-state index < -0.39 is 0 Å². The van der Waals surface area contributed by atoms with Gasteiger partial charge in [-0.15, -0.1) is 10.2 Å². The summed E-state index contributed by atoms with van der Waals surface area (Å²) in [6.07, 6.45) is 2.03. The average Bonchev–Trinajstić information content (AvgIpc) is 2.99. The number of nitrogens with zero attached hydrogens (tertiary/aromatic N) is 3. The van der Waals surface area contributed by atoms with Crippen LogP contribution >= 0.6 is 0 Å². The Labute approximate surface area is 150 Å². The van der Waals surface area contributed by atoms with E-state index in [2.05, 4.69) is 41.1 Å². The van der Waals surface area contributed by atoms with Crippen molar-refractivity contribution in [1.82, 2.24) is 15.1 Å². The van der Waals surface area contributed by atoms with Crippen molar-refractivity contribution in [3.63, 3.8) is 0 Å². The third-order valence-corrected chi connectivity index (χ3v) is 3.64. The van der Waals surface area contributed by atoms with E-state index in [0.717, 1.165) is 37.4 Å². The molecule has 1 heterocycles. The van der Waals surface area contributed by atoms with Crippen molar-refractivity contribution in [2.24, 2.45) is 0 Å². The number of benzene rings is 1. The molecule has 138 valence electrons. The highest BCUT2D eigenvalue weighted by molar-refractivity contribution is 5.43. The second kappa shape index (κ2) is 10.0. The van der Waals surface area contributed by atoms with E-state index >= 15 is 0 Å². The zero-order valence-corrected chi connectivity index (χ0v) is 15.7. The summed E-state index contributed by atoms with van der Waals surface area (Å²) in [5.41, 5.74) is 1.18. The van der Waals surface area contributed by atoms with Gasteiger partial charge in [0, 0.05) is 13.5 Å². The van der Waals surface area contributed by atoms with Crippen molar-refractivity contribution < 1.29 is 13.9 Å². The normalized spacial score (nSPS) is 11.1. The minimum atomic E-state index is 0.600. The molecule has 0 saturated carbocycles. The predicted octanol–water partition coefficient (Wildman–Crippen LogP) is 3.98. The smallest absolute Gasteiger partial charge is 0.230 e. The Balaban J connectivity index is 2.10. The molecule has 0 radical (unpaired) electrons. The van der Waals surface area contributed by atoms with E-state index in [1.54, 1.807) is 0 Å². The van der Waals surface area contributed by atoms with Gasteiger partial charge in [0.2, 0.25) is 11.8 Å². The summed E-state index contributed by atoms with van der Waals surface area (Å²) in [6.45, 7) is 11.8. The second-order valence-corrected chi connectivity index (χ2v) is 5.99. The van der Waals surface area contributed by atoms with Crippen LogP contribution in [0.3, 0.4) is 0 Å². The maximum atomic E-state index is 5.77. The van der Waals surface area contributed by atoms with Gasteiger partial charge < -0.3 is 13.9 Å². The lowest BCUT2D eigenvalue weighted by Crippen LogP contribution is -2.24. The van der Waals surface area contributed by atoms with Gasteiger partial charge >= 0.3 is 0 Å². The Kier molecular flexibility index (Phi) is 7.73. The van der Waals surface area contributed by atoms with Gasteiger partial charge in [-0.2, -0.15) is 0 Å². The summed E-state index contributed by atoms with van der Waals surface area (Å²) >= 11 is 0. The van der Waals surface area contributed by atoms with E-state index in [4.69, 9.17) is 13.9 Å². The van der Waals surface area contributed by atoms with Gasteiger partial charge in [-0.05, 0) is 44.0 Å². The molecule has 0 aliphatic rings. The lowest BCUT2D eigenvalue weighted by Gasteiger charge is -2.21. The Morgan fingerprint density at radius 1 is 1.00 bits per heavy atom. The zero-order valence-electron chi connectivity index (χ0n) is 15.7. The number of hydrogen-bond acceptors (Lipinski definition) is 6. The van der Waals surface area contributed by atoms with Crippen LogP contribution in [0, 0.1) is 6.92 Å². The van der Waals surface area contributed by atoms with Crippen molar-refractivity contribution in [2.45, 2.75) is 53.6 Å². The molecule has 0 atom stereocenters. The Morgan fingerprint density at radius 3 is 2.48 bits per heavy atom. The van der Waals surface area contributed by atoms with Crippen LogP contribution in [-0.4, -0.2) is 34.9 Å². The predicted molar refractivity (Wildman–Crippen MR) is 96.8 cm³/mol. The van der Waals surface area contributed by atoms with Gasteiger partial charge in [-0.25, -0.2) is 0 Å². The lowest BCUT2D eigenvalue weighted by molar-refractivity contribution is 0.228. The minimum Gasteiger partial charge on any atom is -0.490 e. The van der Waals surface area contributed by atoms with Gasteiger partial charge in [0.1, 0.15) is 0 Å². The van der Waals surface area contributed by atoms with E-state index in [9.17, 15) is 0 Å². The summed E-state index contributed by atoms with van der Waals surface area (Å²) in [7, 11) is 0. The third kappa shape index (κ3) is 6.05. The molecule has 2 rings (SSSR count). The first-order chi connectivity index (χ1) is 12.2. The molecule has 0 N–H and O–H groups in total. The summed E-state index contributed by atoms with van der Waals surface area (Å²) < 4.78 is 17.0. The average molecular weight is 347 g/mol. The van der Waals surface area contributed by atoms with Gasteiger partial charge in [0.25, 0.3) is 0 Å². The van der Waals surface area contributed by atoms with Gasteiger partial charge in [0.15, 0.2) is 11.5 Å². The monoisotopic (exact) mass is 347 g/mol. The highest BCUT2D eigenvalue weighted by Gasteiger charge is 2.13. The summed E-state index contributed by atoms with van der Waals surface area (Å²) in [6, 6.07) is 6.16. The van der Waals surface area contributed by atoms with E-state index in [1.807, 2.05) is 19.9 Å². The molecule has 6 heteroatoms. The Hall–Kier alpha value is -2.08. The standard InChI is InChI=1S/C19H29N3O3/c1-5-10-22(14-19-21-20-15(4)25-19)13-16-8-9-17(24-11-6-2)18(12-16)23-7-3/h8-9,12H,5-7,10-11,13-14H2,1-4H3. The fourth-order valence-electron chi connectivity index (χ4n) is 2.63. The van der Waals surface area contributed by atoms with Gasteiger partial charge in [0.05, 0.1) is 19.8 Å². The maximum Gasteiger partial charge on any atom is 0.230 e. The molecule has 0 fully saturated rings. The largest absolute Gasteiger partial charge is 0.490 e. The second-order valence-electron chi connectivity index (χ2n) is 5.99. The first kappa shape index (κ1) is 19.2. The Morgan fingerprint density at radius 2 is 1.84 bits per heavy atom. The number of rotatable bonds is 11. The molecule has 0 amide bonds. The lowest BCUT2D eigenvalue weighted by atomic mass is 10.1. The van der Waals surface area contributed by atoms with Gasteiger partial charge in [-0.3, -0.25) is 4.90 Å². The van der Waals surface area contributed by atoms with Crippen molar-refractivity contribution >= 4 is 0 Å². The van der Waals surface area contributed by atoms with Crippen LogP contribution in [0.1, 0.15) is 51.0 Å². The zero-order chi connectivity index (χ0) is 18.1. The highest BCUT2D eigenvalue weighted by atomic mass is 16.5. The van der Waals surface area contributed by atoms with Crippen molar-refractivity contribution in [3.05, 3.63) is 35.5 Å².